The van der Waals surface area contributed by atoms with Crippen molar-refractivity contribution in [1.82, 2.24) is 0 Å². The molecule has 0 spiro atoms. The van der Waals surface area contributed by atoms with Crippen molar-refractivity contribution in [2.24, 2.45) is 0 Å². The highest BCUT2D eigenvalue weighted by Gasteiger charge is 2.09. The van der Waals surface area contributed by atoms with Gasteiger partial charge in [-0.05, 0) is 0 Å². The fourth-order valence-corrected chi connectivity index (χ4v) is 1.05. The van der Waals surface area contributed by atoms with Gasteiger partial charge in [0.15, 0.2) is 0 Å². The molecule has 9 heteroatoms. The standard InChI is InChI=1S/C4H8F2O5S2/c5-12(7,8)3-1-11-2-4-13(6,9)10/h1-4H2. The highest BCUT2D eigenvalue weighted by atomic mass is 32.3. The summed E-state index contributed by atoms with van der Waals surface area (Å²) < 4.78 is 67.3. The second-order valence-corrected chi connectivity index (χ2v) is 5.07. The summed E-state index contributed by atoms with van der Waals surface area (Å²) in [5, 5.41) is 0. The van der Waals surface area contributed by atoms with E-state index in [0.717, 1.165) is 0 Å². The van der Waals surface area contributed by atoms with Gasteiger partial charge in [-0.2, -0.15) is 16.8 Å². The van der Waals surface area contributed by atoms with Crippen LogP contribution in [0.25, 0.3) is 0 Å². The summed E-state index contributed by atoms with van der Waals surface area (Å²) in [6.07, 6.45) is 0. The summed E-state index contributed by atoms with van der Waals surface area (Å²) in [4.78, 5) is 0. The minimum Gasteiger partial charge on any atom is -0.379 e. The van der Waals surface area contributed by atoms with Crippen LogP contribution < -0.4 is 0 Å². The third-order valence-electron chi connectivity index (χ3n) is 0.943. The average molecular weight is 238 g/mol. The summed E-state index contributed by atoms with van der Waals surface area (Å²) in [5.41, 5.74) is 0. The Morgan fingerprint density at radius 3 is 1.38 bits per heavy atom. The van der Waals surface area contributed by atoms with Gasteiger partial charge in [-0.25, -0.2) is 0 Å². The summed E-state index contributed by atoms with van der Waals surface area (Å²) in [6, 6.07) is 0. The minimum absolute atomic E-state index is 0.492. The van der Waals surface area contributed by atoms with Crippen molar-refractivity contribution in [2.75, 3.05) is 24.7 Å². The van der Waals surface area contributed by atoms with E-state index < -0.39 is 45.2 Å². The number of hydrogen-bond acceptors (Lipinski definition) is 5. The molecule has 0 atom stereocenters. The van der Waals surface area contributed by atoms with Gasteiger partial charge in [0.1, 0.15) is 11.5 Å². The van der Waals surface area contributed by atoms with Crippen LogP contribution in [0.3, 0.4) is 0 Å². The summed E-state index contributed by atoms with van der Waals surface area (Å²) >= 11 is 0. The maximum Gasteiger partial charge on any atom is 0.304 e. The molecule has 0 aliphatic rings. The molecule has 0 N–H and O–H groups in total. The van der Waals surface area contributed by atoms with E-state index in [-0.39, 0.29) is 0 Å². The maximum atomic E-state index is 11.8. The quantitative estimate of drug-likeness (QED) is 0.465. The number of hydrogen-bond donors (Lipinski definition) is 0. The summed E-state index contributed by atoms with van der Waals surface area (Å²) in [7, 11) is -9.22. The molecule has 0 fully saturated rings. The number of ether oxygens (including phenoxy) is 1. The van der Waals surface area contributed by atoms with Gasteiger partial charge in [-0.1, -0.05) is 0 Å². The van der Waals surface area contributed by atoms with Crippen LogP contribution in [0.5, 0.6) is 0 Å². The van der Waals surface area contributed by atoms with E-state index in [4.69, 9.17) is 0 Å². The predicted molar refractivity (Wildman–Crippen MR) is 40.6 cm³/mol. The van der Waals surface area contributed by atoms with Gasteiger partial charge in [0.25, 0.3) is 0 Å². The molecule has 0 rings (SSSR count). The predicted octanol–water partition coefficient (Wildman–Crippen LogP) is -0.398. The fourth-order valence-electron chi connectivity index (χ4n) is 0.419. The van der Waals surface area contributed by atoms with Gasteiger partial charge in [0.05, 0.1) is 13.2 Å². The average Bonchev–Trinajstić information content (AvgIpc) is 1.81. The molecule has 0 saturated heterocycles. The van der Waals surface area contributed by atoms with Crippen molar-refractivity contribution in [1.29, 1.82) is 0 Å². The first kappa shape index (κ1) is 12.7. The van der Waals surface area contributed by atoms with Crippen LogP contribution in [0.15, 0.2) is 0 Å². The molecule has 0 radical (unpaired) electrons. The molecule has 80 valence electrons. The Morgan fingerprint density at radius 1 is 0.846 bits per heavy atom. The van der Waals surface area contributed by atoms with Gasteiger partial charge in [0, 0.05) is 0 Å². The van der Waals surface area contributed by atoms with Crippen LogP contribution in [-0.2, 0) is 25.2 Å². The van der Waals surface area contributed by atoms with Crippen molar-refractivity contribution in [3.63, 3.8) is 0 Å². The van der Waals surface area contributed by atoms with Crippen LogP contribution in [0.1, 0.15) is 0 Å². The Bertz CT molecular complexity index is 298. The fraction of sp³-hybridized carbons (Fsp3) is 1.00. The molecule has 13 heavy (non-hydrogen) atoms. The van der Waals surface area contributed by atoms with E-state index in [0.29, 0.717) is 0 Å². The van der Waals surface area contributed by atoms with Crippen LogP contribution in [-0.4, -0.2) is 41.6 Å². The zero-order chi connectivity index (χ0) is 10.5. The SMILES string of the molecule is O=S(=O)(F)CCOCCS(=O)(=O)F. The maximum absolute atomic E-state index is 11.8. The zero-order valence-corrected chi connectivity index (χ0v) is 8.08. The van der Waals surface area contributed by atoms with Gasteiger partial charge in [-0.3, -0.25) is 0 Å². The Morgan fingerprint density at radius 2 is 1.15 bits per heavy atom. The molecule has 0 unspecified atom stereocenters. The van der Waals surface area contributed by atoms with E-state index in [9.17, 15) is 24.6 Å². The molecule has 0 aromatic heterocycles. The second kappa shape index (κ2) is 4.82. The monoisotopic (exact) mass is 238 g/mol. The lowest BCUT2D eigenvalue weighted by Gasteiger charge is -1.98. The van der Waals surface area contributed by atoms with Gasteiger partial charge in [0.2, 0.25) is 0 Å². The van der Waals surface area contributed by atoms with Crippen LogP contribution >= 0.6 is 0 Å². The number of halogens is 2. The Kier molecular flexibility index (Phi) is 4.71. The molecule has 0 saturated carbocycles. The molecule has 0 heterocycles. The van der Waals surface area contributed by atoms with E-state index in [1.54, 1.807) is 0 Å². The molecular weight excluding hydrogens is 230 g/mol. The van der Waals surface area contributed by atoms with Crippen LogP contribution in [0, 0.1) is 0 Å². The molecule has 0 aromatic rings. The van der Waals surface area contributed by atoms with Gasteiger partial charge < -0.3 is 4.74 Å². The van der Waals surface area contributed by atoms with Crippen LogP contribution in [0.4, 0.5) is 7.77 Å². The minimum atomic E-state index is -4.61. The van der Waals surface area contributed by atoms with Crippen molar-refractivity contribution in [3.05, 3.63) is 0 Å². The van der Waals surface area contributed by atoms with Crippen molar-refractivity contribution >= 4 is 20.4 Å². The first-order valence-corrected chi connectivity index (χ1v) is 6.24. The largest absolute Gasteiger partial charge is 0.379 e. The Balaban J connectivity index is 3.50. The normalized spacial score (nSPS) is 13.1. The first-order valence-electron chi connectivity index (χ1n) is 3.13. The van der Waals surface area contributed by atoms with Crippen LogP contribution in [0.2, 0.25) is 0 Å². The summed E-state index contributed by atoms with van der Waals surface area (Å²) in [6.45, 7) is -0.983. The number of rotatable bonds is 6. The van der Waals surface area contributed by atoms with E-state index >= 15 is 0 Å². The van der Waals surface area contributed by atoms with Crippen molar-refractivity contribution < 1.29 is 29.3 Å². The molecule has 5 nitrogen and oxygen atoms in total. The Labute approximate surface area is 75.1 Å². The molecule has 0 bridgehead atoms. The van der Waals surface area contributed by atoms with E-state index in [1.807, 2.05) is 0 Å². The van der Waals surface area contributed by atoms with Crippen molar-refractivity contribution in [3.8, 4) is 0 Å². The molecule has 0 aromatic carbocycles. The smallest absolute Gasteiger partial charge is 0.304 e. The Hall–Kier alpha value is -0.280. The topological polar surface area (TPSA) is 77.5 Å². The third kappa shape index (κ3) is 11.7. The second-order valence-electron chi connectivity index (χ2n) is 2.10. The zero-order valence-electron chi connectivity index (χ0n) is 6.44. The molecule has 0 amide bonds. The van der Waals surface area contributed by atoms with Gasteiger partial charge in [-0.15, -0.1) is 7.77 Å². The lowest BCUT2D eigenvalue weighted by Crippen LogP contribution is -2.12. The van der Waals surface area contributed by atoms with Gasteiger partial charge >= 0.3 is 20.4 Å². The lowest BCUT2D eigenvalue weighted by atomic mass is 10.8. The van der Waals surface area contributed by atoms with E-state index in [2.05, 4.69) is 4.74 Å². The molecule has 0 aliphatic carbocycles. The molecular formula is C4H8F2O5S2. The molecule has 0 aliphatic heterocycles. The lowest BCUT2D eigenvalue weighted by molar-refractivity contribution is 0.163. The summed E-state index contributed by atoms with van der Waals surface area (Å²) in [5.74, 6) is -1.72. The highest BCUT2D eigenvalue weighted by Crippen LogP contribution is 1.93. The first-order chi connectivity index (χ1) is 5.71. The third-order valence-corrected chi connectivity index (χ3v) is 2.25. The highest BCUT2D eigenvalue weighted by molar-refractivity contribution is 7.86. The van der Waals surface area contributed by atoms with E-state index in [1.165, 1.54) is 0 Å². The van der Waals surface area contributed by atoms with Crippen molar-refractivity contribution in [2.45, 2.75) is 0 Å².